The van der Waals surface area contributed by atoms with E-state index in [1.54, 1.807) is 24.4 Å². The number of hydrogen-bond donors (Lipinski definition) is 1. The van der Waals surface area contributed by atoms with Gasteiger partial charge >= 0.3 is 0 Å². The van der Waals surface area contributed by atoms with Crippen LogP contribution in [0.3, 0.4) is 0 Å². The number of nitrogens with two attached hydrogens (primary N) is 1. The van der Waals surface area contributed by atoms with Crippen LogP contribution in [0.25, 0.3) is 10.9 Å². The van der Waals surface area contributed by atoms with E-state index in [1.165, 1.54) is 0 Å². The van der Waals surface area contributed by atoms with Crippen molar-refractivity contribution in [3.63, 3.8) is 0 Å². The van der Waals surface area contributed by atoms with Crippen molar-refractivity contribution >= 4 is 38.3 Å². The van der Waals surface area contributed by atoms with Crippen LogP contribution in [0, 0.1) is 0 Å². The van der Waals surface area contributed by atoms with E-state index in [1.807, 2.05) is 6.07 Å². The van der Waals surface area contributed by atoms with E-state index in [-0.39, 0.29) is 5.78 Å². The van der Waals surface area contributed by atoms with Gasteiger partial charge < -0.3 is 5.73 Å². The zero-order valence-corrected chi connectivity index (χ0v) is 9.49. The molecule has 2 rings (SSSR count). The van der Waals surface area contributed by atoms with Gasteiger partial charge in [0, 0.05) is 22.8 Å². The van der Waals surface area contributed by atoms with Crippen LogP contribution in [0.15, 0.2) is 30.5 Å². The van der Waals surface area contributed by atoms with Gasteiger partial charge in [-0.3, -0.25) is 9.78 Å². The van der Waals surface area contributed by atoms with Crippen molar-refractivity contribution in [2.45, 2.75) is 0 Å². The third-order valence-electron chi connectivity index (χ3n) is 2.22. The monoisotopic (exact) mass is 264 g/mol. The lowest BCUT2D eigenvalue weighted by molar-refractivity contribution is 0.102. The summed E-state index contributed by atoms with van der Waals surface area (Å²) in [4.78, 5) is 15.6. The molecule has 0 unspecified atom stereocenters. The summed E-state index contributed by atoms with van der Waals surface area (Å²) in [6.45, 7) is 0. The number of benzene rings is 1. The largest absolute Gasteiger partial charge is 0.398 e. The summed E-state index contributed by atoms with van der Waals surface area (Å²) in [5.41, 5.74) is 7.90. The Morgan fingerprint density at radius 2 is 2.20 bits per heavy atom. The fourth-order valence-corrected chi connectivity index (χ4v) is 1.74. The third-order valence-corrected chi connectivity index (χ3v) is 2.73. The predicted molar refractivity (Wildman–Crippen MR) is 64.3 cm³/mol. The SMILES string of the molecule is Nc1ccnc2ccc(C(=O)CBr)cc12. The summed E-state index contributed by atoms with van der Waals surface area (Å²) in [5.74, 6) is 0.0418. The molecule has 2 aromatic rings. The van der Waals surface area contributed by atoms with Gasteiger partial charge in [0.25, 0.3) is 0 Å². The van der Waals surface area contributed by atoms with E-state index < -0.39 is 0 Å². The molecule has 1 aromatic heterocycles. The number of aromatic nitrogens is 1. The van der Waals surface area contributed by atoms with Crippen LogP contribution in [0.5, 0.6) is 0 Å². The highest BCUT2D eigenvalue weighted by atomic mass is 79.9. The number of carbonyl (C=O) groups excluding carboxylic acids is 1. The summed E-state index contributed by atoms with van der Waals surface area (Å²) in [5, 5.41) is 1.14. The van der Waals surface area contributed by atoms with E-state index in [2.05, 4.69) is 20.9 Å². The lowest BCUT2D eigenvalue weighted by atomic mass is 10.1. The van der Waals surface area contributed by atoms with Crippen molar-refractivity contribution in [1.29, 1.82) is 0 Å². The Kier molecular flexibility index (Phi) is 2.68. The number of fused-ring (bicyclic) bond motifs is 1. The first-order valence-corrected chi connectivity index (χ1v) is 5.58. The number of ketones is 1. The van der Waals surface area contributed by atoms with Crippen LogP contribution in [0.4, 0.5) is 5.69 Å². The van der Waals surface area contributed by atoms with Gasteiger partial charge in [0.05, 0.1) is 10.8 Å². The Labute approximate surface area is 95.4 Å². The van der Waals surface area contributed by atoms with Crippen LogP contribution in [-0.2, 0) is 0 Å². The number of carbonyl (C=O) groups is 1. The quantitative estimate of drug-likeness (QED) is 0.670. The van der Waals surface area contributed by atoms with Crippen molar-refractivity contribution in [1.82, 2.24) is 4.98 Å². The Hall–Kier alpha value is -1.42. The molecule has 0 saturated carbocycles. The Morgan fingerprint density at radius 3 is 2.93 bits per heavy atom. The first-order chi connectivity index (χ1) is 7.22. The average Bonchev–Trinajstić information content (AvgIpc) is 2.28. The smallest absolute Gasteiger partial charge is 0.173 e. The lowest BCUT2D eigenvalue weighted by Crippen LogP contribution is -2.00. The number of Topliss-reactive ketones (excluding diaryl/α,β-unsaturated/α-hetero) is 1. The second kappa shape index (κ2) is 3.98. The highest BCUT2D eigenvalue weighted by Crippen LogP contribution is 2.20. The molecule has 15 heavy (non-hydrogen) atoms. The molecule has 0 aliphatic heterocycles. The van der Waals surface area contributed by atoms with Gasteiger partial charge in [-0.15, -0.1) is 0 Å². The summed E-state index contributed by atoms with van der Waals surface area (Å²) < 4.78 is 0. The minimum absolute atomic E-state index is 0.0418. The third kappa shape index (κ3) is 1.85. The van der Waals surface area contributed by atoms with Gasteiger partial charge in [0.15, 0.2) is 5.78 Å². The second-order valence-electron chi connectivity index (χ2n) is 3.19. The number of anilines is 1. The minimum atomic E-state index is 0.0418. The molecule has 0 bridgehead atoms. The first-order valence-electron chi connectivity index (χ1n) is 4.46. The molecule has 1 heterocycles. The van der Waals surface area contributed by atoms with Gasteiger partial charge in [-0.05, 0) is 24.3 Å². The van der Waals surface area contributed by atoms with Crippen molar-refractivity contribution < 1.29 is 4.79 Å². The molecule has 0 atom stereocenters. The summed E-state index contributed by atoms with van der Waals surface area (Å²) >= 11 is 3.14. The Morgan fingerprint density at radius 1 is 1.40 bits per heavy atom. The van der Waals surface area contributed by atoms with Crippen molar-refractivity contribution in [3.05, 3.63) is 36.0 Å². The summed E-state index contributed by atoms with van der Waals surface area (Å²) in [6, 6.07) is 7.08. The number of nitrogen functional groups attached to an aromatic ring is 1. The van der Waals surface area contributed by atoms with E-state index in [0.717, 1.165) is 10.9 Å². The van der Waals surface area contributed by atoms with E-state index in [9.17, 15) is 4.79 Å². The zero-order chi connectivity index (χ0) is 10.8. The summed E-state index contributed by atoms with van der Waals surface area (Å²) in [6.07, 6.45) is 1.66. The highest BCUT2D eigenvalue weighted by Gasteiger charge is 2.06. The van der Waals surface area contributed by atoms with Gasteiger partial charge in [0.2, 0.25) is 0 Å². The van der Waals surface area contributed by atoms with E-state index in [0.29, 0.717) is 16.6 Å². The number of nitrogens with zero attached hydrogens (tertiary/aromatic N) is 1. The molecule has 0 spiro atoms. The molecular weight excluding hydrogens is 256 g/mol. The molecule has 4 heteroatoms. The van der Waals surface area contributed by atoms with Crippen molar-refractivity contribution in [3.8, 4) is 0 Å². The Bertz CT molecular complexity index is 525. The van der Waals surface area contributed by atoms with E-state index in [4.69, 9.17) is 5.73 Å². The zero-order valence-electron chi connectivity index (χ0n) is 7.90. The number of alkyl halides is 1. The maximum Gasteiger partial charge on any atom is 0.173 e. The number of hydrogen-bond acceptors (Lipinski definition) is 3. The molecule has 0 saturated heterocycles. The molecule has 0 aliphatic rings. The Balaban J connectivity index is 2.64. The van der Waals surface area contributed by atoms with Gasteiger partial charge in [0.1, 0.15) is 0 Å². The number of halogens is 1. The normalized spacial score (nSPS) is 10.5. The van der Waals surface area contributed by atoms with E-state index >= 15 is 0 Å². The van der Waals surface area contributed by atoms with Crippen LogP contribution >= 0.6 is 15.9 Å². The van der Waals surface area contributed by atoms with Gasteiger partial charge in [-0.1, -0.05) is 15.9 Å². The predicted octanol–water partition coefficient (Wildman–Crippen LogP) is 2.39. The fraction of sp³-hybridized carbons (Fsp3) is 0.0909. The van der Waals surface area contributed by atoms with Crippen molar-refractivity contribution in [2.75, 3.05) is 11.1 Å². The standard InChI is InChI=1S/C11H9BrN2O/c12-6-11(15)7-1-2-10-8(5-7)9(13)3-4-14-10/h1-5H,6H2,(H2,13,14). The summed E-state index contributed by atoms with van der Waals surface area (Å²) in [7, 11) is 0. The van der Waals surface area contributed by atoms with Crippen molar-refractivity contribution in [2.24, 2.45) is 0 Å². The maximum absolute atomic E-state index is 11.5. The van der Waals surface area contributed by atoms with Crippen LogP contribution in [0.1, 0.15) is 10.4 Å². The molecule has 3 nitrogen and oxygen atoms in total. The molecule has 0 amide bonds. The fourth-order valence-electron chi connectivity index (χ4n) is 1.42. The van der Waals surface area contributed by atoms with Gasteiger partial charge in [-0.2, -0.15) is 0 Å². The lowest BCUT2D eigenvalue weighted by Gasteiger charge is -2.03. The average molecular weight is 265 g/mol. The van der Waals surface area contributed by atoms with Crippen LogP contribution in [-0.4, -0.2) is 16.1 Å². The van der Waals surface area contributed by atoms with Gasteiger partial charge in [-0.25, -0.2) is 0 Å². The second-order valence-corrected chi connectivity index (χ2v) is 3.75. The molecule has 0 aliphatic carbocycles. The topological polar surface area (TPSA) is 56.0 Å². The molecule has 0 fully saturated rings. The molecule has 76 valence electrons. The minimum Gasteiger partial charge on any atom is -0.398 e. The van der Waals surface area contributed by atoms with Crippen LogP contribution in [0.2, 0.25) is 0 Å². The molecular formula is C11H9BrN2O. The highest BCUT2D eigenvalue weighted by molar-refractivity contribution is 9.09. The molecule has 2 N–H and O–H groups in total. The maximum atomic E-state index is 11.5. The molecule has 0 radical (unpaired) electrons. The van der Waals surface area contributed by atoms with Crippen LogP contribution < -0.4 is 5.73 Å². The number of rotatable bonds is 2. The number of pyridine rings is 1. The molecule has 1 aromatic carbocycles. The first kappa shape index (κ1) is 10.1.